The monoisotopic (exact) mass is 1800 g/mol. The van der Waals surface area contributed by atoms with Crippen molar-refractivity contribution < 1.29 is 66.7 Å². The molecule has 6 aromatic carbocycles. The number of esters is 2. The van der Waals surface area contributed by atoms with Gasteiger partial charge in [-0.1, -0.05) is 152 Å². The van der Waals surface area contributed by atoms with Gasteiger partial charge in [0.25, 0.3) is 11.8 Å². The number of likely N-dealkylation sites (N-methyl/N-ethyl adjacent to an activating group) is 2. The van der Waals surface area contributed by atoms with Crippen LogP contribution in [0.3, 0.4) is 0 Å². The standard InChI is InChI=1S/C23H22ClN3O3.C17H22BNO3.C12H12BrClN2O2.C11H12BrClO2.C7H4BrClO.C4H7NO.C3H7NO2.2CH4.ClH/c1-2-26-21(28)13-25(23(26)30)11-16-4-3-15(10-20(16)24)14-5-8-19-17(9-14)12-27(22(19)29)18-6-7-18;1-16(2)17(3,4)22-18(21-16)12-5-8-14-11(9-12)10-19(15(14)20)13-6-7-13;1-2-16-11(17)7-15(12(16)18)6-8-3-4-9(13)5-10(8)14;1-15-11(14)4-2-3-8-5-6-9(12)7-10(8)13;8-6-2-1-5(4-10)7(9)3-6;1-2-5-3-4-6;1-6-3(5)2-4;;;/h3-5,8-10,18H,2,6-7,11-13H2,1H3;5,8-9,13H,6-7,10H2,1-4H3;3-5H,2,6-7H2,1H3;5-7H,2-4H2,1H3;1-4H;3-4H,2H2,1H3;2,4H2,1H3;2*1H4;1H. The zero-order chi connectivity index (χ0) is 78.6. The van der Waals surface area contributed by atoms with Crippen LogP contribution in [0.5, 0.6) is 0 Å². The van der Waals surface area contributed by atoms with E-state index in [0.717, 1.165) is 125 Å². The minimum atomic E-state index is -0.380. The fourth-order valence-corrected chi connectivity index (χ4v) is 13.9. The van der Waals surface area contributed by atoms with Crippen LogP contribution in [-0.2, 0) is 75.4 Å². The van der Waals surface area contributed by atoms with Crippen LogP contribution in [0.1, 0.15) is 161 Å². The Morgan fingerprint density at radius 1 is 0.582 bits per heavy atom. The molecule has 3 saturated heterocycles. The molecule has 0 spiro atoms. The van der Waals surface area contributed by atoms with Crippen molar-refractivity contribution in [2.75, 3.05) is 53.5 Å². The summed E-state index contributed by atoms with van der Waals surface area (Å²) in [6.45, 7) is 17.4. The van der Waals surface area contributed by atoms with E-state index in [-0.39, 0.29) is 113 Å². The third-order valence-electron chi connectivity index (χ3n) is 18.3. The minimum Gasteiger partial charge on any atom is -0.469 e. The predicted octanol–water partition coefficient (Wildman–Crippen LogP) is 16.5. The number of hydrogen-bond donors (Lipinski definition) is 1. The molecule has 5 heterocycles. The Labute approximate surface area is 696 Å². The predicted molar refractivity (Wildman–Crippen MR) is 446 cm³/mol. The van der Waals surface area contributed by atoms with E-state index in [0.29, 0.717) is 84.7 Å². The molecule has 2 saturated carbocycles. The second-order valence-corrected chi connectivity index (χ2v) is 30.7. The van der Waals surface area contributed by atoms with E-state index in [9.17, 15) is 47.9 Å². The number of rotatable bonds is 18. The van der Waals surface area contributed by atoms with E-state index in [1.165, 1.54) is 40.0 Å². The Hall–Kier alpha value is -7.08. The average molecular weight is 1810 g/mol. The van der Waals surface area contributed by atoms with Gasteiger partial charge < -0.3 is 44.1 Å². The fraction of sp³-hybridized carbons (Fsp3) is 0.405. The number of imide groups is 2. The van der Waals surface area contributed by atoms with E-state index in [2.05, 4.69) is 102 Å². The lowest BCUT2D eigenvalue weighted by Crippen LogP contribution is -2.41. The van der Waals surface area contributed by atoms with Crippen LogP contribution in [0, 0.1) is 0 Å². The van der Waals surface area contributed by atoms with Crippen LogP contribution in [-0.4, -0.2) is 180 Å². The van der Waals surface area contributed by atoms with E-state index >= 15 is 0 Å². The number of amides is 8. The summed E-state index contributed by atoms with van der Waals surface area (Å²) in [7, 11) is 2.34. The van der Waals surface area contributed by atoms with Crippen molar-refractivity contribution in [3.63, 3.8) is 0 Å². The zero-order valence-corrected chi connectivity index (χ0v) is 70.0. The quantitative estimate of drug-likeness (QED) is 0.0276. The molecule has 6 aromatic rings. The van der Waals surface area contributed by atoms with Crippen molar-refractivity contribution >= 4 is 186 Å². The highest BCUT2D eigenvalue weighted by Crippen LogP contribution is 2.40. The molecule has 22 nitrogen and oxygen atoms in total. The molecule has 5 aliphatic heterocycles. The molecule has 7 aliphatic rings. The van der Waals surface area contributed by atoms with Crippen LogP contribution in [0.2, 0.25) is 20.1 Å². The highest BCUT2D eigenvalue weighted by Gasteiger charge is 2.52. The van der Waals surface area contributed by atoms with Gasteiger partial charge in [-0.25, -0.2) is 9.59 Å². The maximum absolute atomic E-state index is 12.5. The zero-order valence-electron chi connectivity index (χ0n) is 61.4. The molecule has 0 aromatic heterocycles. The summed E-state index contributed by atoms with van der Waals surface area (Å²) in [6, 6.07) is 34.4. The minimum absolute atomic E-state index is 0. The number of aryl methyl sites for hydroxylation is 1. The number of aliphatic imine (C=N–C) groups is 1. The summed E-state index contributed by atoms with van der Waals surface area (Å²) < 4.78 is 23.6. The maximum Gasteiger partial charge on any atom is 0.494 e. The normalized spacial score (nSPS) is 16.0. The molecule has 13 rings (SSSR count). The number of halogens is 8. The highest BCUT2D eigenvalue weighted by atomic mass is 79.9. The van der Waals surface area contributed by atoms with Crippen molar-refractivity contribution in [1.82, 2.24) is 29.4 Å². The van der Waals surface area contributed by atoms with Crippen LogP contribution in [0.15, 0.2) is 128 Å². The van der Waals surface area contributed by atoms with Crippen molar-refractivity contribution in [1.29, 1.82) is 0 Å². The smallest absolute Gasteiger partial charge is 0.469 e. The molecule has 594 valence electrons. The van der Waals surface area contributed by atoms with Crippen LogP contribution in [0.4, 0.5) is 9.59 Å². The lowest BCUT2D eigenvalue weighted by molar-refractivity contribution is -0.141. The lowest BCUT2D eigenvalue weighted by atomic mass is 9.78. The van der Waals surface area contributed by atoms with Gasteiger partial charge in [0.15, 0.2) is 12.6 Å². The average Bonchev–Trinajstić information content (AvgIpc) is 1.61. The number of aldehydes is 2. The Morgan fingerprint density at radius 3 is 1.40 bits per heavy atom. The summed E-state index contributed by atoms with van der Waals surface area (Å²) >= 11 is 34.2. The van der Waals surface area contributed by atoms with Gasteiger partial charge in [0.2, 0.25) is 11.8 Å². The third kappa shape index (κ3) is 26.0. The number of benzene rings is 6. The summed E-state index contributed by atoms with van der Waals surface area (Å²) in [5.74, 6) is -0.575. The first kappa shape index (κ1) is 95.3. The van der Waals surface area contributed by atoms with Crippen LogP contribution < -0.4 is 11.2 Å². The molecule has 0 atom stereocenters. The number of ether oxygens (including phenoxy) is 2. The summed E-state index contributed by atoms with van der Waals surface area (Å²) in [5, 5.41) is 2.34. The van der Waals surface area contributed by atoms with E-state index < -0.39 is 0 Å². The van der Waals surface area contributed by atoms with Gasteiger partial charge in [-0.3, -0.25) is 53.1 Å². The van der Waals surface area contributed by atoms with Crippen molar-refractivity contribution in [3.05, 3.63) is 187 Å². The summed E-state index contributed by atoms with van der Waals surface area (Å²) in [4.78, 5) is 126. The lowest BCUT2D eigenvalue weighted by Gasteiger charge is -2.32. The summed E-state index contributed by atoms with van der Waals surface area (Å²) in [5.41, 5.74) is 14.1. The van der Waals surface area contributed by atoms with Crippen LogP contribution in [0.25, 0.3) is 11.1 Å². The molecule has 0 radical (unpaired) electrons. The second kappa shape index (κ2) is 44.4. The Kier molecular flexibility index (Phi) is 38.5. The molecule has 5 fully saturated rings. The maximum atomic E-state index is 12.5. The molecule has 2 N–H and O–H groups in total. The van der Waals surface area contributed by atoms with Gasteiger partial charge >= 0.3 is 31.1 Å². The molecule has 0 unspecified atom stereocenters. The van der Waals surface area contributed by atoms with Crippen molar-refractivity contribution in [2.24, 2.45) is 10.7 Å². The number of methoxy groups -OCH3 is 2. The number of nitrogens with zero attached hydrogens (tertiary/aromatic N) is 7. The first-order valence-corrected chi connectivity index (χ1v) is 38.5. The summed E-state index contributed by atoms with van der Waals surface area (Å²) in [6.07, 6.45) is 9.12. The van der Waals surface area contributed by atoms with E-state index in [1.54, 1.807) is 38.1 Å². The number of carbonyl (C=O) groups excluding carboxylic acids is 10. The Morgan fingerprint density at radius 2 is 1.01 bits per heavy atom. The first-order chi connectivity index (χ1) is 50.9. The molecular formula is C79H95BBr3Cl5N8O14. The van der Waals surface area contributed by atoms with E-state index in [4.69, 9.17) is 61.4 Å². The van der Waals surface area contributed by atoms with Gasteiger partial charge in [-0.15, -0.1) is 12.4 Å². The van der Waals surface area contributed by atoms with Gasteiger partial charge in [0.05, 0.1) is 43.2 Å². The molecule has 110 heavy (non-hydrogen) atoms. The van der Waals surface area contributed by atoms with Gasteiger partial charge in [0, 0.05) is 109 Å². The third-order valence-corrected chi connectivity index (χ3v) is 21.2. The number of urea groups is 2. The number of hydrogen-bond acceptors (Lipinski definition) is 16. The molecule has 0 bridgehead atoms. The van der Waals surface area contributed by atoms with Crippen molar-refractivity contribution in [2.45, 2.75) is 158 Å². The van der Waals surface area contributed by atoms with Crippen molar-refractivity contribution in [3.8, 4) is 11.1 Å². The first-order valence-electron chi connectivity index (χ1n) is 34.6. The highest BCUT2D eigenvalue weighted by molar-refractivity contribution is 9.11. The Balaban J connectivity index is 0.000000287. The number of carbonyl (C=O) groups is 10. The number of nitrogens with two attached hydrogens (primary N) is 1. The van der Waals surface area contributed by atoms with Gasteiger partial charge in [0.1, 0.15) is 13.1 Å². The molecule has 2 aliphatic carbocycles. The Bertz CT molecular complexity index is 4280. The topological polar surface area (TPSA) is 265 Å². The van der Waals surface area contributed by atoms with E-state index in [1.807, 2.05) is 89.5 Å². The van der Waals surface area contributed by atoms with Gasteiger partial charge in [-0.2, -0.15) is 0 Å². The SMILES string of the molecule is C.C.CC1(C)OB(c2ccc3c(c2)CN(C2CC2)C3=O)OC1(C)C.CCN1C(=O)CN(Cc2ccc(-c3ccc4c(c3)CN(C3CC3)C4=O)cc2Cl)C1=O.CCN1C(=O)CN(Cc2ccc(Br)cc2Cl)C1=O.CCN=CC=O.COC(=O)CCCc1ccc(Br)cc1Cl.COC(=O)CN.Cl.O=Cc1ccc(Br)cc1Cl. The molecular weight excluding hydrogens is 1710 g/mol. The van der Waals surface area contributed by atoms with Crippen LogP contribution >= 0.6 is 107 Å². The number of fused-ring (bicyclic) bond motifs is 2. The second-order valence-electron chi connectivity index (χ2n) is 26.3. The fourth-order valence-electron chi connectivity index (χ4n) is 11.4. The largest absolute Gasteiger partial charge is 0.494 e. The molecule has 31 heteroatoms. The van der Waals surface area contributed by atoms with Gasteiger partial charge in [-0.05, 0) is 198 Å². The molecule has 8 amide bonds.